The summed E-state index contributed by atoms with van der Waals surface area (Å²) in [5, 5.41) is 13.7. The summed E-state index contributed by atoms with van der Waals surface area (Å²) >= 11 is 0. The normalized spacial score (nSPS) is 17.4. The van der Waals surface area contributed by atoms with Crippen LogP contribution in [0, 0.1) is 0 Å². The number of aromatic nitrogens is 1. The second-order valence-corrected chi connectivity index (χ2v) is 5.03. The quantitative estimate of drug-likeness (QED) is 0.771. The number of H-pyrrole nitrogens is 1. The van der Waals surface area contributed by atoms with E-state index in [0.29, 0.717) is 12.2 Å². The van der Waals surface area contributed by atoms with Crippen molar-refractivity contribution in [3.05, 3.63) is 36.0 Å². The van der Waals surface area contributed by atoms with Crippen molar-refractivity contribution in [1.82, 2.24) is 10.3 Å². The maximum Gasteiger partial charge on any atom is 0.267 e. The van der Waals surface area contributed by atoms with Crippen LogP contribution in [0.15, 0.2) is 30.3 Å². The molecule has 1 aromatic heterocycles. The van der Waals surface area contributed by atoms with E-state index in [1.807, 2.05) is 30.3 Å². The SMILES string of the molecule is O=C(NCC1(O)CCC1)c1cc2ccccc2[nH]1. The Morgan fingerprint density at radius 1 is 1.39 bits per heavy atom. The molecule has 18 heavy (non-hydrogen) atoms. The number of hydrogen-bond acceptors (Lipinski definition) is 2. The average molecular weight is 244 g/mol. The van der Waals surface area contributed by atoms with Crippen molar-refractivity contribution < 1.29 is 9.90 Å². The zero-order valence-corrected chi connectivity index (χ0v) is 10.1. The van der Waals surface area contributed by atoms with Crippen LogP contribution >= 0.6 is 0 Å². The third kappa shape index (κ3) is 1.99. The minimum atomic E-state index is -0.679. The van der Waals surface area contributed by atoms with Gasteiger partial charge in [0.1, 0.15) is 5.69 Å². The number of nitrogens with one attached hydrogen (secondary N) is 2. The summed E-state index contributed by atoms with van der Waals surface area (Å²) in [6.45, 7) is 0.335. The maximum absolute atomic E-state index is 11.9. The molecule has 4 heteroatoms. The standard InChI is InChI=1S/C14H16N2O2/c17-13(15-9-14(18)6-3-7-14)12-8-10-4-1-2-5-11(10)16-12/h1-2,4-5,8,16,18H,3,6-7,9H2,(H,15,17). The summed E-state index contributed by atoms with van der Waals surface area (Å²) in [6, 6.07) is 9.59. The molecule has 1 heterocycles. The Hall–Kier alpha value is -1.81. The van der Waals surface area contributed by atoms with Crippen LogP contribution in [-0.2, 0) is 0 Å². The summed E-state index contributed by atoms with van der Waals surface area (Å²) in [7, 11) is 0. The first-order valence-corrected chi connectivity index (χ1v) is 6.25. The first kappa shape index (κ1) is 11.3. The number of aliphatic hydroxyl groups is 1. The molecule has 2 aromatic rings. The first-order chi connectivity index (χ1) is 8.66. The summed E-state index contributed by atoms with van der Waals surface area (Å²) in [5.74, 6) is -0.161. The third-order valence-corrected chi connectivity index (χ3v) is 3.64. The lowest BCUT2D eigenvalue weighted by Gasteiger charge is -2.36. The highest BCUT2D eigenvalue weighted by Gasteiger charge is 2.34. The fraction of sp³-hybridized carbons (Fsp3) is 0.357. The third-order valence-electron chi connectivity index (χ3n) is 3.64. The molecule has 1 aliphatic carbocycles. The van der Waals surface area contributed by atoms with E-state index in [9.17, 15) is 9.90 Å². The Morgan fingerprint density at radius 3 is 2.83 bits per heavy atom. The van der Waals surface area contributed by atoms with Gasteiger partial charge in [-0.2, -0.15) is 0 Å². The fourth-order valence-corrected chi connectivity index (χ4v) is 2.30. The van der Waals surface area contributed by atoms with Gasteiger partial charge in [0.15, 0.2) is 0 Å². The highest BCUT2D eigenvalue weighted by atomic mass is 16.3. The van der Waals surface area contributed by atoms with Crippen LogP contribution < -0.4 is 5.32 Å². The number of aromatic amines is 1. The van der Waals surface area contributed by atoms with Gasteiger partial charge in [0.25, 0.3) is 5.91 Å². The van der Waals surface area contributed by atoms with Crippen molar-refractivity contribution >= 4 is 16.8 Å². The lowest BCUT2D eigenvalue weighted by molar-refractivity contribution is -0.0300. The molecule has 1 saturated carbocycles. The molecule has 0 spiro atoms. The minimum Gasteiger partial charge on any atom is -0.388 e. The van der Waals surface area contributed by atoms with E-state index < -0.39 is 5.60 Å². The summed E-state index contributed by atoms with van der Waals surface area (Å²) in [4.78, 5) is 15.0. The largest absolute Gasteiger partial charge is 0.388 e. The molecule has 94 valence electrons. The Kier molecular flexibility index (Phi) is 2.59. The van der Waals surface area contributed by atoms with Crippen molar-refractivity contribution in [2.45, 2.75) is 24.9 Å². The highest BCUT2D eigenvalue weighted by molar-refractivity contribution is 5.97. The smallest absolute Gasteiger partial charge is 0.267 e. The van der Waals surface area contributed by atoms with E-state index >= 15 is 0 Å². The molecule has 0 saturated heterocycles. The van der Waals surface area contributed by atoms with E-state index in [4.69, 9.17) is 0 Å². The molecule has 4 nitrogen and oxygen atoms in total. The van der Waals surface area contributed by atoms with Crippen LogP contribution in [0.2, 0.25) is 0 Å². The monoisotopic (exact) mass is 244 g/mol. The zero-order valence-electron chi connectivity index (χ0n) is 10.1. The number of benzene rings is 1. The fourth-order valence-electron chi connectivity index (χ4n) is 2.30. The predicted molar refractivity (Wildman–Crippen MR) is 69.4 cm³/mol. The molecule has 1 fully saturated rings. The van der Waals surface area contributed by atoms with Gasteiger partial charge in [0.05, 0.1) is 5.60 Å². The van der Waals surface area contributed by atoms with Crippen molar-refractivity contribution in [2.24, 2.45) is 0 Å². The van der Waals surface area contributed by atoms with E-state index in [-0.39, 0.29) is 5.91 Å². The summed E-state index contributed by atoms with van der Waals surface area (Å²) < 4.78 is 0. The van der Waals surface area contributed by atoms with Crippen molar-refractivity contribution in [3.8, 4) is 0 Å². The average Bonchev–Trinajstić information content (AvgIpc) is 2.77. The Morgan fingerprint density at radius 2 is 2.17 bits per heavy atom. The number of hydrogen-bond donors (Lipinski definition) is 3. The molecule has 1 aliphatic rings. The predicted octanol–water partition coefficient (Wildman–Crippen LogP) is 1.81. The molecule has 0 bridgehead atoms. The van der Waals surface area contributed by atoms with Gasteiger partial charge in [-0.05, 0) is 31.4 Å². The van der Waals surface area contributed by atoms with Gasteiger partial charge in [0.2, 0.25) is 0 Å². The van der Waals surface area contributed by atoms with Crippen molar-refractivity contribution in [1.29, 1.82) is 0 Å². The number of carbonyl (C=O) groups excluding carboxylic acids is 1. The highest BCUT2D eigenvalue weighted by Crippen LogP contribution is 2.30. The van der Waals surface area contributed by atoms with Gasteiger partial charge in [-0.15, -0.1) is 0 Å². The second-order valence-electron chi connectivity index (χ2n) is 5.03. The number of rotatable bonds is 3. The molecule has 0 aliphatic heterocycles. The van der Waals surface area contributed by atoms with Crippen LogP contribution in [0.1, 0.15) is 29.8 Å². The Balaban J connectivity index is 1.71. The first-order valence-electron chi connectivity index (χ1n) is 6.25. The number of amides is 1. The van der Waals surface area contributed by atoms with Gasteiger partial charge in [-0.25, -0.2) is 0 Å². The van der Waals surface area contributed by atoms with Crippen molar-refractivity contribution in [3.63, 3.8) is 0 Å². The molecule has 1 amide bonds. The lowest BCUT2D eigenvalue weighted by atomic mass is 9.80. The minimum absolute atomic E-state index is 0.161. The van der Waals surface area contributed by atoms with E-state index in [2.05, 4.69) is 10.3 Å². The van der Waals surface area contributed by atoms with Crippen LogP contribution in [0.5, 0.6) is 0 Å². The second kappa shape index (κ2) is 4.14. The number of fused-ring (bicyclic) bond motifs is 1. The molecule has 0 unspecified atom stereocenters. The number of para-hydroxylation sites is 1. The molecule has 1 aromatic carbocycles. The van der Waals surface area contributed by atoms with Gasteiger partial charge in [0, 0.05) is 17.4 Å². The molecule has 0 atom stereocenters. The molecular weight excluding hydrogens is 228 g/mol. The topological polar surface area (TPSA) is 65.1 Å². The van der Waals surface area contributed by atoms with Crippen molar-refractivity contribution in [2.75, 3.05) is 6.54 Å². The Bertz CT molecular complexity index is 551. The molecule has 3 N–H and O–H groups in total. The van der Waals surface area contributed by atoms with Gasteiger partial charge in [-0.1, -0.05) is 18.2 Å². The Labute approximate surface area is 105 Å². The zero-order chi connectivity index (χ0) is 12.6. The van der Waals surface area contributed by atoms with Crippen LogP contribution in [0.4, 0.5) is 0 Å². The van der Waals surface area contributed by atoms with Crippen LogP contribution in [-0.4, -0.2) is 28.1 Å². The van der Waals surface area contributed by atoms with E-state index in [0.717, 1.165) is 30.2 Å². The van der Waals surface area contributed by atoms with Gasteiger partial charge in [-0.3, -0.25) is 4.79 Å². The van der Waals surface area contributed by atoms with E-state index in [1.165, 1.54) is 0 Å². The van der Waals surface area contributed by atoms with Crippen LogP contribution in [0.3, 0.4) is 0 Å². The van der Waals surface area contributed by atoms with Gasteiger partial charge >= 0.3 is 0 Å². The van der Waals surface area contributed by atoms with E-state index in [1.54, 1.807) is 0 Å². The van der Waals surface area contributed by atoms with Gasteiger partial charge < -0.3 is 15.4 Å². The lowest BCUT2D eigenvalue weighted by Crippen LogP contribution is -2.47. The molecule has 3 rings (SSSR count). The summed E-state index contributed by atoms with van der Waals surface area (Å²) in [6.07, 6.45) is 2.60. The molecular formula is C14H16N2O2. The van der Waals surface area contributed by atoms with Crippen LogP contribution in [0.25, 0.3) is 10.9 Å². The molecule has 0 radical (unpaired) electrons. The maximum atomic E-state index is 11.9. The summed E-state index contributed by atoms with van der Waals surface area (Å²) in [5.41, 5.74) is 0.811. The number of carbonyl (C=O) groups is 1.